The molecule has 2 saturated heterocycles. The highest BCUT2D eigenvalue weighted by Gasteiger charge is 2.36. The average molecular weight is 386 g/mol. The lowest BCUT2D eigenvalue weighted by molar-refractivity contribution is -0.135. The monoisotopic (exact) mass is 385 g/mol. The summed E-state index contributed by atoms with van der Waals surface area (Å²) in [5.74, 6) is 0.736. The van der Waals surface area contributed by atoms with E-state index in [0.29, 0.717) is 5.91 Å². The molecule has 0 saturated carbocycles. The number of amides is 1. The quantitative estimate of drug-likeness (QED) is 0.863. The van der Waals surface area contributed by atoms with Crippen LogP contribution < -0.4 is 0 Å². The van der Waals surface area contributed by atoms with E-state index >= 15 is 0 Å². The topological polar surface area (TPSA) is 47.0 Å². The Labute approximate surface area is 169 Å². The van der Waals surface area contributed by atoms with Crippen molar-refractivity contribution in [2.75, 3.05) is 32.7 Å². The minimum Gasteiger partial charge on any atom is -0.508 e. The molecule has 5 nitrogen and oxygen atoms in total. The number of nitrogens with zero attached hydrogens (tertiary/aromatic N) is 3. The van der Waals surface area contributed by atoms with Gasteiger partial charge in [-0.25, -0.2) is 0 Å². The minimum atomic E-state index is 0.127. The number of aromatic hydroxyl groups is 1. The van der Waals surface area contributed by atoms with E-state index in [0.717, 1.165) is 52.0 Å². The highest BCUT2D eigenvalue weighted by molar-refractivity contribution is 5.79. The van der Waals surface area contributed by atoms with Gasteiger partial charge in [-0.1, -0.05) is 18.7 Å². The lowest BCUT2D eigenvalue weighted by Gasteiger charge is -2.37. The third-order valence-corrected chi connectivity index (χ3v) is 6.24. The SMILES string of the molecule is C=CN1CCN(C(=O)C2CCN(C(C)(C)C)C2)CCCC1c1ccc(O)cc1. The van der Waals surface area contributed by atoms with Gasteiger partial charge in [0.1, 0.15) is 5.75 Å². The first-order valence-corrected chi connectivity index (χ1v) is 10.5. The van der Waals surface area contributed by atoms with E-state index in [1.165, 1.54) is 5.56 Å². The molecule has 2 aliphatic heterocycles. The molecular weight excluding hydrogens is 350 g/mol. The smallest absolute Gasteiger partial charge is 0.227 e. The van der Waals surface area contributed by atoms with E-state index in [2.05, 4.69) is 42.0 Å². The van der Waals surface area contributed by atoms with Crippen molar-refractivity contribution in [2.45, 2.75) is 51.6 Å². The third-order valence-electron chi connectivity index (χ3n) is 6.24. The molecule has 154 valence electrons. The summed E-state index contributed by atoms with van der Waals surface area (Å²) in [6.45, 7) is 14.9. The maximum absolute atomic E-state index is 13.1. The number of phenols is 1. The highest BCUT2D eigenvalue weighted by atomic mass is 16.3. The van der Waals surface area contributed by atoms with Crippen LogP contribution in [-0.2, 0) is 4.79 Å². The second kappa shape index (κ2) is 8.56. The molecule has 0 bridgehead atoms. The average Bonchev–Trinajstić information content (AvgIpc) is 3.13. The van der Waals surface area contributed by atoms with Crippen LogP contribution in [0.15, 0.2) is 37.0 Å². The Morgan fingerprint density at radius 2 is 1.82 bits per heavy atom. The van der Waals surface area contributed by atoms with Crippen molar-refractivity contribution in [2.24, 2.45) is 5.92 Å². The fourth-order valence-electron chi connectivity index (χ4n) is 4.47. The summed E-state index contributed by atoms with van der Waals surface area (Å²) in [4.78, 5) is 19.9. The Morgan fingerprint density at radius 3 is 2.43 bits per heavy atom. The minimum absolute atomic E-state index is 0.127. The van der Waals surface area contributed by atoms with Gasteiger partial charge < -0.3 is 14.9 Å². The second-order valence-electron chi connectivity index (χ2n) is 9.10. The molecule has 0 radical (unpaired) electrons. The molecule has 2 fully saturated rings. The van der Waals surface area contributed by atoms with Crippen LogP contribution in [0.25, 0.3) is 0 Å². The van der Waals surface area contributed by atoms with Gasteiger partial charge in [-0.2, -0.15) is 0 Å². The van der Waals surface area contributed by atoms with Crippen molar-refractivity contribution in [3.63, 3.8) is 0 Å². The van der Waals surface area contributed by atoms with Crippen molar-refractivity contribution < 1.29 is 9.90 Å². The largest absolute Gasteiger partial charge is 0.508 e. The Balaban J connectivity index is 1.63. The highest BCUT2D eigenvalue weighted by Crippen LogP contribution is 2.30. The zero-order chi connectivity index (χ0) is 20.3. The fourth-order valence-corrected chi connectivity index (χ4v) is 4.47. The molecule has 3 rings (SSSR count). The molecule has 2 heterocycles. The van der Waals surface area contributed by atoms with Gasteiger partial charge in [0.15, 0.2) is 0 Å². The van der Waals surface area contributed by atoms with E-state index in [1.807, 2.05) is 18.3 Å². The number of likely N-dealkylation sites (tertiary alicyclic amines) is 1. The van der Waals surface area contributed by atoms with Crippen LogP contribution in [0, 0.1) is 5.92 Å². The van der Waals surface area contributed by atoms with Crippen molar-refractivity contribution in [1.29, 1.82) is 0 Å². The van der Waals surface area contributed by atoms with Crippen LogP contribution in [0.3, 0.4) is 0 Å². The molecule has 28 heavy (non-hydrogen) atoms. The van der Waals surface area contributed by atoms with Gasteiger partial charge in [-0.05, 0) is 70.5 Å². The fraction of sp³-hybridized carbons (Fsp3) is 0.609. The van der Waals surface area contributed by atoms with Crippen LogP contribution in [0.5, 0.6) is 5.75 Å². The second-order valence-corrected chi connectivity index (χ2v) is 9.10. The molecule has 0 aromatic heterocycles. The molecule has 2 atom stereocenters. The molecule has 2 unspecified atom stereocenters. The maximum Gasteiger partial charge on any atom is 0.227 e. The summed E-state index contributed by atoms with van der Waals surface area (Å²) in [6, 6.07) is 7.71. The third kappa shape index (κ3) is 4.69. The predicted molar refractivity (Wildman–Crippen MR) is 113 cm³/mol. The molecule has 0 aliphatic carbocycles. The summed E-state index contributed by atoms with van der Waals surface area (Å²) >= 11 is 0. The molecule has 1 aromatic rings. The zero-order valence-electron chi connectivity index (χ0n) is 17.6. The summed E-state index contributed by atoms with van der Waals surface area (Å²) in [5, 5.41) is 9.57. The van der Waals surface area contributed by atoms with Crippen LogP contribution in [0.1, 0.15) is 51.6 Å². The van der Waals surface area contributed by atoms with Gasteiger partial charge in [0.05, 0.1) is 12.0 Å². The summed E-state index contributed by atoms with van der Waals surface area (Å²) in [5.41, 5.74) is 1.32. The van der Waals surface area contributed by atoms with Crippen LogP contribution in [-0.4, -0.2) is 64.0 Å². The lowest BCUT2D eigenvalue weighted by atomic mass is 9.98. The first-order chi connectivity index (χ1) is 13.3. The van der Waals surface area contributed by atoms with E-state index in [9.17, 15) is 9.90 Å². The lowest BCUT2D eigenvalue weighted by Crippen LogP contribution is -2.45. The summed E-state index contributed by atoms with van der Waals surface area (Å²) in [6.07, 6.45) is 4.80. The van der Waals surface area contributed by atoms with Gasteiger partial charge in [0, 0.05) is 31.7 Å². The Kier molecular flexibility index (Phi) is 6.33. The Morgan fingerprint density at radius 1 is 1.11 bits per heavy atom. The number of rotatable bonds is 3. The van der Waals surface area contributed by atoms with Crippen molar-refractivity contribution in [3.05, 3.63) is 42.6 Å². The van der Waals surface area contributed by atoms with Crippen LogP contribution >= 0.6 is 0 Å². The predicted octanol–water partition coefficient (Wildman–Crippen LogP) is 3.62. The van der Waals surface area contributed by atoms with Crippen molar-refractivity contribution in [3.8, 4) is 5.75 Å². The number of hydrogen-bond acceptors (Lipinski definition) is 4. The molecule has 1 N–H and O–H groups in total. The Bertz CT molecular complexity index is 680. The molecule has 0 spiro atoms. The number of carbonyl (C=O) groups is 1. The van der Waals surface area contributed by atoms with Gasteiger partial charge in [-0.3, -0.25) is 9.69 Å². The molecule has 2 aliphatic rings. The zero-order valence-corrected chi connectivity index (χ0v) is 17.6. The van der Waals surface area contributed by atoms with Gasteiger partial charge in [0.25, 0.3) is 0 Å². The van der Waals surface area contributed by atoms with E-state index in [-0.39, 0.29) is 23.2 Å². The van der Waals surface area contributed by atoms with E-state index in [4.69, 9.17) is 0 Å². The number of hydrogen-bond donors (Lipinski definition) is 1. The van der Waals surface area contributed by atoms with Crippen molar-refractivity contribution >= 4 is 5.91 Å². The maximum atomic E-state index is 13.1. The molecule has 1 aromatic carbocycles. The van der Waals surface area contributed by atoms with E-state index in [1.54, 1.807) is 12.1 Å². The van der Waals surface area contributed by atoms with E-state index < -0.39 is 0 Å². The van der Waals surface area contributed by atoms with Gasteiger partial charge in [-0.15, -0.1) is 0 Å². The van der Waals surface area contributed by atoms with Crippen LogP contribution in [0.2, 0.25) is 0 Å². The number of benzene rings is 1. The standard InChI is InChI=1S/C23H35N3O2/c1-5-24-15-16-25(22(28)19-12-14-26(17-19)23(2,3)4)13-6-7-21(24)18-8-10-20(27)11-9-18/h5,8-11,19,21,27H,1,6-7,12-17H2,2-4H3. The first kappa shape index (κ1) is 20.7. The number of carbonyl (C=O) groups excluding carboxylic acids is 1. The molecule has 1 amide bonds. The summed E-state index contributed by atoms with van der Waals surface area (Å²) in [7, 11) is 0. The molecule has 5 heteroatoms. The normalized spacial score (nSPS) is 24.7. The Hall–Kier alpha value is -2.01. The van der Waals surface area contributed by atoms with Gasteiger partial charge in [0.2, 0.25) is 5.91 Å². The van der Waals surface area contributed by atoms with Crippen LogP contribution in [0.4, 0.5) is 0 Å². The molecular formula is C23H35N3O2. The first-order valence-electron chi connectivity index (χ1n) is 10.5. The van der Waals surface area contributed by atoms with Crippen molar-refractivity contribution in [1.82, 2.24) is 14.7 Å². The number of phenolic OH excluding ortho intramolecular Hbond substituents is 1. The van der Waals surface area contributed by atoms with Gasteiger partial charge >= 0.3 is 0 Å². The summed E-state index contributed by atoms with van der Waals surface area (Å²) < 4.78 is 0.